The molecule has 3 rings (SSSR count). The van der Waals surface area contributed by atoms with Gasteiger partial charge in [0.2, 0.25) is 5.82 Å². The van der Waals surface area contributed by atoms with E-state index in [9.17, 15) is 9.18 Å². The molecule has 0 atom stereocenters. The summed E-state index contributed by atoms with van der Waals surface area (Å²) in [5.41, 5.74) is 0.926. The maximum absolute atomic E-state index is 13.6. The molecule has 8 heteroatoms. The molecule has 0 aliphatic heterocycles. The minimum absolute atomic E-state index is 0.121. The summed E-state index contributed by atoms with van der Waals surface area (Å²) in [6.07, 6.45) is 2.34. The third-order valence-corrected chi connectivity index (χ3v) is 3.98. The van der Waals surface area contributed by atoms with Crippen LogP contribution in [0.1, 0.15) is 11.4 Å². The van der Waals surface area contributed by atoms with Gasteiger partial charge in [-0.1, -0.05) is 22.8 Å². The third kappa shape index (κ3) is 3.87. The molecule has 0 spiro atoms. The quantitative estimate of drug-likeness (QED) is 0.497. The van der Waals surface area contributed by atoms with E-state index in [2.05, 4.69) is 10.1 Å². The Bertz CT molecular complexity index is 857. The highest BCUT2D eigenvalue weighted by atomic mass is 35.5. The summed E-state index contributed by atoms with van der Waals surface area (Å²) in [5, 5.41) is 7.68. The summed E-state index contributed by atoms with van der Waals surface area (Å²) >= 11 is 7.37. The molecule has 3 aromatic rings. The average Bonchev–Trinajstić information content (AvgIpc) is 3.23. The number of carbonyl (C=O) groups is 1. The van der Waals surface area contributed by atoms with Crippen LogP contribution in [0.4, 0.5) is 4.39 Å². The van der Waals surface area contributed by atoms with Gasteiger partial charge in [-0.15, -0.1) is 0 Å². The first-order valence-corrected chi connectivity index (χ1v) is 8.09. The van der Waals surface area contributed by atoms with Gasteiger partial charge in [-0.05, 0) is 29.7 Å². The first-order chi connectivity index (χ1) is 11.6. The number of esters is 1. The first kappa shape index (κ1) is 16.4. The van der Waals surface area contributed by atoms with Crippen LogP contribution in [0.5, 0.6) is 0 Å². The van der Waals surface area contributed by atoms with E-state index in [-0.39, 0.29) is 23.0 Å². The second-order valence-electron chi connectivity index (χ2n) is 4.60. The fraction of sp³-hybridized carbons (Fsp3) is 0.0625. The van der Waals surface area contributed by atoms with Crippen LogP contribution in [0.2, 0.25) is 5.02 Å². The molecule has 0 unspecified atom stereocenters. The van der Waals surface area contributed by atoms with E-state index in [0.717, 1.165) is 11.6 Å². The minimum atomic E-state index is -0.670. The van der Waals surface area contributed by atoms with Gasteiger partial charge < -0.3 is 9.26 Å². The first-order valence-electron chi connectivity index (χ1n) is 6.77. The van der Waals surface area contributed by atoms with Crippen molar-refractivity contribution in [3.8, 4) is 11.5 Å². The number of hydrogen-bond acceptors (Lipinski definition) is 6. The maximum atomic E-state index is 13.6. The van der Waals surface area contributed by atoms with Gasteiger partial charge in [0.1, 0.15) is 5.82 Å². The van der Waals surface area contributed by atoms with Crippen molar-refractivity contribution in [1.82, 2.24) is 10.1 Å². The predicted molar refractivity (Wildman–Crippen MR) is 87.9 cm³/mol. The van der Waals surface area contributed by atoms with E-state index in [1.807, 2.05) is 16.8 Å². The molecule has 24 heavy (non-hydrogen) atoms. The fourth-order valence-electron chi connectivity index (χ4n) is 1.82. The molecule has 0 saturated heterocycles. The van der Waals surface area contributed by atoms with Gasteiger partial charge in [0, 0.05) is 17.0 Å². The van der Waals surface area contributed by atoms with Crippen LogP contribution in [-0.4, -0.2) is 16.1 Å². The topological polar surface area (TPSA) is 65.2 Å². The predicted octanol–water partition coefficient (Wildman–Crippen LogP) is 4.35. The smallest absolute Gasteiger partial charge is 0.331 e. The Morgan fingerprint density at radius 2 is 2.29 bits per heavy atom. The van der Waals surface area contributed by atoms with Crippen LogP contribution in [-0.2, 0) is 16.1 Å². The number of thiophene rings is 1. The summed E-state index contributed by atoms with van der Waals surface area (Å²) in [7, 11) is 0. The molecule has 0 fully saturated rings. The van der Waals surface area contributed by atoms with E-state index >= 15 is 0 Å². The van der Waals surface area contributed by atoms with Crippen molar-refractivity contribution >= 4 is 35.0 Å². The zero-order valence-electron chi connectivity index (χ0n) is 12.1. The van der Waals surface area contributed by atoms with Gasteiger partial charge in [-0.2, -0.15) is 16.3 Å². The second-order valence-corrected chi connectivity index (χ2v) is 5.79. The van der Waals surface area contributed by atoms with Crippen LogP contribution in [0.3, 0.4) is 0 Å². The normalized spacial score (nSPS) is 11.1. The van der Waals surface area contributed by atoms with Gasteiger partial charge in [0.05, 0.1) is 10.6 Å². The van der Waals surface area contributed by atoms with Crippen molar-refractivity contribution < 1.29 is 18.4 Å². The van der Waals surface area contributed by atoms with Crippen LogP contribution in [0.25, 0.3) is 17.5 Å². The number of benzene rings is 1. The molecule has 122 valence electrons. The summed E-state index contributed by atoms with van der Waals surface area (Å²) < 4.78 is 23.6. The van der Waals surface area contributed by atoms with Crippen molar-refractivity contribution in [3.63, 3.8) is 0 Å². The molecule has 0 N–H and O–H groups in total. The molecular weight excluding hydrogens is 355 g/mol. The standard InChI is InChI=1S/C16H10ClFN2O3S/c17-12-2-1-3-13(18)11(12)4-5-15(21)22-8-14-19-16(23-20-14)10-6-7-24-9-10/h1-7,9H,8H2/b5-4+. The van der Waals surface area contributed by atoms with E-state index in [1.54, 1.807) is 0 Å². The Hall–Kier alpha value is -2.51. The minimum Gasteiger partial charge on any atom is -0.454 e. The lowest BCUT2D eigenvalue weighted by Crippen LogP contribution is -2.02. The summed E-state index contributed by atoms with van der Waals surface area (Å²) in [6, 6.07) is 6.10. The van der Waals surface area contributed by atoms with Crippen molar-refractivity contribution in [3.05, 3.63) is 63.3 Å². The molecule has 0 aliphatic carbocycles. The van der Waals surface area contributed by atoms with Crippen molar-refractivity contribution in [2.75, 3.05) is 0 Å². The Kier molecular flexibility index (Phi) is 5.02. The number of halogens is 2. The van der Waals surface area contributed by atoms with Crippen molar-refractivity contribution in [2.24, 2.45) is 0 Å². The van der Waals surface area contributed by atoms with Gasteiger partial charge in [0.15, 0.2) is 6.61 Å². The fourth-order valence-corrected chi connectivity index (χ4v) is 2.68. The second kappa shape index (κ2) is 7.37. The Balaban J connectivity index is 1.59. The van der Waals surface area contributed by atoms with E-state index in [4.69, 9.17) is 20.9 Å². The summed E-state index contributed by atoms with van der Waals surface area (Å²) in [5.74, 6) is -0.598. The Morgan fingerprint density at radius 3 is 3.04 bits per heavy atom. The van der Waals surface area contributed by atoms with Crippen LogP contribution in [0, 0.1) is 5.82 Å². The van der Waals surface area contributed by atoms with Crippen molar-refractivity contribution in [2.45, 2.75) is 6.61 Å². The summed E-state index contributed by atoms with van der Waals surface area (Å²) in [6.45, 7) is -0.151. The molecule has 0 saturated carbocycles. The summed E-state index contributed by atoms with van der Waals surface area (Å²) in [4.78, 5) is 15.8. The molecule has 0 amide bonds. The number of ether oxygens (including phenoxy) is 1. The molecular formula is C16H10ClFN2O3S. The molecule has 0 radical (unpaired) electrons. The van der Waals surface area contributed by atoms with Crippen molar-refractivity contribution in [1.29, 1.82) is 0 Å². The number of rotatable bonds is 5. The maximum Gasteiger partial charge on any atom is 0.331 e. The Morgan fingerprint density at radius 1 is 1.42 bits per heavy atom. The van der Waals surface area contributed by atoms with Crippen LogP contribution < -0.4 is 0 Å². The molecule has 0 bridgehead atoms. The third-order valence-electron chi connectivity index (χ3n) is 2.97. The number of aromatic nitrogens is 2. The molecule has 0 aliphatic rings. The number of hydrogen-bond donors (Lipinski definition) is 0. The van der Waals surface area contributed by atoms with E-state index in [0.29, 0.717) is 5.89 Å². The van der Waals surface area contributed by atoms with E-state index in [1.165, 1.54) is 35.6 Å². The monoisotopic (exact) mass is 364 g/mol. The lowest BCUT2D eigenvalue weighted by molar-refractivity contribution is -0.139. The number of nitrogens with zero attached hydrogens (tertiary/aromatic N) is 2. The molecule has 1 aromatic carbocycles. The average molecular weight is 365 g/mol. The zero-order chi connectivity index (χ0) is 16.9. The van der Waals surface area contributed by atoms with Gasteiger partial charge in [0.25, 0.3) is 5.89 Å². The van der Waals surface area contributed by atoms with Gasteiger partial charge >= 0.3 is 5.97 Å². The highest BCUT2D eigenvalue weighted by Crippen LogP contribution is 2.21. The van der Waals surface area contributed by atoms with E-state index < -0.39 is 11.8 Å². The molecule has 2 aromatic heterocycles. The van der Waals surface area contributed by atoms with Crippen LogP contribution >= 0.6 is 22.9 Å². The number of carbonyl (C=O) groups excluding carboxylic acids is 1. The largest absolute Gasteiger partial charge is 0.454 e. The van der Waals surface area contributed by atoms with Crippen LogP contribution in [0.15, 0.2) is 45.6 Å². The Labute approximate surface area is 145 Å². The highest BCUT2D eigenvalue weighted by Gasteiger charge is 2.10. The zero-order valence-corrected chi connectivity index (χ0v) is 13.7. The molecule has 2 heterocycles. The lowest BCUT2D eigenvalue weighted by Gasteiger charge is -2.00. The molecule has 5 nitrogen and oxygen atoms in total. The van der Waals surface area contributed by atoms with Gasteiger partial charge in [-0.3, -0.25) is 0 Å². The SMILES string of the molecule is O=C(/C=C/c1c(F)cccc1Cl)OCc1noc(-c2ccsc2)n1. The highest BCUT2D eigenvalue weighted by molar-refractivity contribution is 7.08. The lowest BCUT2D eigenvalue weighted by atomic mass is 10.2. The van der Waals surface area contributed by atoms with Gasteiger partial charge in [-0.25, -0.2) is 9.18 Å².